The average molecular weight is 344 g/mol. The molecule has 0 bridgehead atoms. The zero-order valence-electron chi connectivity index (χ0n) is 13.9. The maximum Gasteiger partial charge on any atom is 0.264 e. The van der Waals surface area contributed by atoms with Crippen molar-refractivity contribution in [3.63, 3.8) is 0 Å². The van der Waals surface area contributed by atoms with E-state index in [9.17, 15) is 13.2 Å². The van der Waals surface area contributed by atoms with E-state index in [0.717, 1.165) is 16.8 Å². The highest BCUT2D eigenvalue weighted by Gasteiger charge is 2.15. The van der Waals surface area contributed by atoms with E-state index in [1.165, 1.54) is 18.2 Å². The fourth-order valence-corrected chi connectivity index (χ4v) is 2.94. The predicted molar refractivity (Wildman–Crippen MR) is 96.3 cm³/mol. The number of hydrogen-bond donors (Lipinski definition) is 1. The molecule has 0 unspecified atom stereocenters. The SMILES string of the molecule is Cc1ccc(S(=O)(=O)NC(=O)/C=C/c2ccc(N(C)C)cc2)cc1. The highest BCUT2D eigenvalue weighted by atomic mass is 32.2. The molecule has 1 amide bonds. The molecule has 126 valence electrons. The Morgan fingerprint density at radius 3 is 2.12 bits per heavy atom. The van der Waals surface area contributed by atoms with Crippen LogP contribution in [-0.2, 0) is 14.8 Å². The largest absolute Gasteiger partial charge is 0.378 e. The van der Waals surface area contributed by atoms with Gasteiger partial charge in [-0.05, 0) is 42.8 Å². The van der Waals surface area contributed by atoms with Crippen molar-refractivity contribution < 1.29 is 13.2 Å². The van der Waals surface area contributed by atoms with Crippen LogP contribution in [0, 0.1) is 6.92 Å². The second-order valence-corrected chi connectivity index (χ2v) is 7.28. The van der Waals surface area contributed by atoms with Crippen LogP contribution in [0.25, 0.3) is 6.08 Å². The normalized spacial score (nSPS) is 11.5. The standard InChI is InChI=1S/C18H20N2O3S/c1-14-4-11-17(12-5-14)24(22,23)19-18(21)13-8-15-6-9-16(10-7-15)20(2)3/h4-13H,1-3H3,(H,19,21)/b13-8+. The minimum Gasteiger partial charge on any atom is -0.378 e. The first-order valence-corrected chi connectivity index (χ1v) is 8.85. The number of aryl methyl sites for hydroxylation is 1. The molecule has 0 spiro atoms. The number of carbonyl (C=O) groups is 1. The molecule has 24 heavy (non-hydrogen) atoms. The summed E-state index contributed by atoms with van der Waals surface area (Å²) in [5, 5.41) is 0. The fourth-order valence-electron chi connectivity index (χ4n) is 2.00. The first kappa shape index (κ1) is 17.7. The van der Waals surface area contributed by atoms with Gasteiger partial charge in [-0.1, -0.05) is 29.8 Å². The van der Waals surface area contributed by atoms with Crippen LogP contribution < -0.4 is 9.62 Å². The summed E-state index contributed by atoms with van der Waals surface area (Å²) in [6, 6.07) is 13.8. The van der Waals surface area contributed by atoms with Gasteiger partial charge in [0.15, 0.2) is 0 Å². The summed E-state index contributed by atoms with van der Waals surface area (Å²) < 4.78 is 26.3. The third kappa shape index (κ3) is 4.70. The van der Waals surface area contributed by atoms with Gasteiger partial charge in [-0.15, -0.1) is 0 Å². The molecule has 2 aromatic carbocycles. The topological polar surface area (TPSA) is 66.5 Å². The number of nitrogens with one attached hydrogen (secondary N) is 1. The van der Waals surface area contributed by atoms with Gasteiger partial charge in [0.1, 0.15) is 0 Å². The number of hydrogen-bond acceptors (Lipinski definition) is 4. The first-order chi connectivity index (χ1) is 11.3. The molecular weight excluding hydrogens is 324 g/mol. The van der Waals surface area contributed by atoms with E-state index in [-0.39, 0.29) is 4.90 Å². The first-order valence-electron chi connectivity index (χ1n) is 7.37. The Labute approximate surface area is 142 Å². The smallest absolute Gasteiger partial charge is 0.264 e. The van der Waals surface area contributed by atoms with Crippen molar-refractivity contribution in [2.75, 3.05) is 19.0 Å². The second-order valence-electron chi connectivity index (χ2n) is 5.60. The van der Waals surface area contributed by atoms with E-state index in [1.54, 1.807) is 18.2 Å². The van der Waals surface area contributed by atoms with E-state index < -0.39 is 15.9 Å². The highest BCUT2D eigenvalue weighted by Crippen LogP contribution is 2.13. The summed E-state index contributed by atoms with van der Waals surface area (Å²) >= 11 is 0. The second kappa shape index (κ2) is 7.31. The van der Waals surface area contributed by atoms with Crippen LogP contribution in [0.3, 0.4) is 0 Å². The Bertz CT molecular complexity index is 837. The Kier molecular flexibility index (Phi) is 5.41. The number of anilines is 1. The van der Waals surface area contributed by atoms with Crippen LogP contribution in [0.4, 0.5) is 5.69 Å². The van der Waals surface area contributed by atoms with Crippen molar-refractivity contribution >= 4 is 27.7 Å². The molecule has 2 rings (SSSR count). The summed E-state index contributed by atoms with van der Waals surface area (Å²) in [5.74, 6) is -0.688. The molecular formula is C18H20N2O3S. The van der Waals surface area contributed by atoms with E-state index in [4.69, 9.17) is 0 Å². The summed E-state index contributed by atoms with van der Waals surface area (Å²) in [6.45, 7) is 1.86. The average Bonchev–Trinajstić information content (AvgIpc) is 2.53. The van der Waals surface area contributed by atoms with Crippen molar-refractivity contribution in [2.24, 2.45) is 0 Å². The molecule has 0 saturated carbocycles. The molecule has 5 nitrogen and oxygen atoms in total. The fraction of sp³-hybridized carbons (Fsp3) is 0.167. The molecule has 6 heteroatoms. The van der Waals surface area contributed by atoms with Crippen molar-refractivity contribution in [2.45, 2.75) is 11.8 Å². The maximum atomic E-state index is 12.1. The number of carbonyl (C=O) groups excluding carboxylic acids is 1. The van der Waals surface area contributed by atoms with Crippen molar-refractivity contribution in [1.82, 2.24) is 4.72 Å². The van der Waals surface area contributed by atoms with Gasteiger partial charge in [-0.2, -0.15) is 0 Å². The zero-order chi connectivity index (χ0) is 17.7. The predicted octanol–water partition coefficient (Wildman–Crippen LogP) is 2.58. The van der Waals surface area contributed by atoms with Gasteiger partial charge in [0.05, 0.1) is 4.90 Å². The Balaban J connectivity index is 2.05. The molecule has 0 radical (unpaired) electrons. The van der Waals surface area contributed by atoms with Gasteiger partial charge >= 0.3 is 0 Å². The van der Waals surface area contributed by atoms with Crippen LogP contribution in [0.2, 0.25) is 0 Å². The Morgan fingerprint density at radius 2 is 1.58 bits per heavy atom. The highest BCUT2D eigenvalue weighted by molar-refractivity contribution is 7.90. The van der Waals surface area contributed by atoms with Crippen molar-refractivity contribution in [3.8, 4) is 0 Å². The van der Waals surface area contributed by atoms with E-state index in [1.807, 2.05) is 54.9 Å². The van der Waals surface area contributed by atoms with Crippen LogP contribution >= 0.6 is 0 Å². The molecule has 1 N–H and O–H groups in total. The van der Waals surface area contributed by atoms with Gasteiger partial charge in [-0.25, -0.2) is 13.1 Å². The number of sulfonamides is 1. The lowest BCUT2D eigenvalue weighted by Crippen LogP contribution is -2.28. The van der Waals surface area contributed by atoms with Gasteiger partial charge in [0.2, 0.25) is 0 Å². The van der Waals surface area contributed by atoms with Crippen LogP contribution in [0.1, 0.15) is 11.1 Å². The quantitative estimate of drug-likeness (QED) is 0.847. The lowest BCUT2D eigenvalue weighted by atomic mass is 10.2. The number of amides is 1. The van der Waals surface area contributed by atoms with Gasteiger partial charge in [0.25, 0.3) is 15.9 Å². The molecule has 0 aromatic heterocycles. The van der Waals surface area contributed by atoms with Crippen molar-refractivity contribution in [1.29, 1.82) is 0 Å². The summed E-state index contributed by atoms with van der Waals surface area (Å²) in [5.41, 5.74) is 2.79. The molecule has 0 aliphatic carbocycles. The molecule has 0 heterocycles. The van der Waals surface area contributed by atoms with E-state index in [2.05, 4.69) is 0 Å². The monoisotopic (exact) mass is 344 g/mol. The van der Waals surface area contributed by atoms with Gasteiger partial charge in [0, 0.05) is 25.9 Å². The summed E-state index contributed by atoms with van der Waals surface area (Å²) in [7, 11) is 0.0214. The third-order valence-corrected chi connectivity index (χ3v) is 4.77. The van der Waals surface area contributed by atoms with Crippen molar-refractivity contribution in [3.05, 3.63) is 65.7 Å². The molecule has 0 saturated heterocycles. The Morgan fingerprint density at radius 1 is 1.00 bits per heavy atom. The summed E-state index contributed by atoms with van der Waals surface area (Å²) in [6.07, 6.45) is 2.77. The number of rotatable bonds is 5. The van der Waals surface area contributed by atoms with Crippen LogP contribution in [0.5, 0.6) is 0 Å². The molecule has 0 atom stereocenters. The maximum absolute atomic E-state index is 12.1. The number of nitrogens with zero attached hydrogens (tertiary/aromatic N) is 1. The third-order valence-electron chi connectivity index (χ3n) is 3.40. The molecule has 0 fully saturated rings. The Hall–Kier alpha value is -2.60. The van der Waals surface area contributed by atoms with Gasteiger partial charge < -0.3 is 4.90 Å². The van der Waals surface area contributed by atoms with Crippen LogP contribution in [-0.4, -0.2) is 28.4 Å². The summed E-state index contributed by atoms with van der Waals surface area (Å²) in [4.78, 5) is 13.9. The lowest BCUT2D eigenvalue weighted by molar-refractivity contribution is -0.114. The van der Waals surface area contributed by atoms with E-state index in [0.29, 0.717) is 0 Å². The lowest BCUT2D eigenvalue weighted by Gasteiger charge is -2.11. The molecule has 0 aliphatic heterocycles. The molecule has 2 aromatic rings. The van der Waals surface area contributed by atoms with Crippen LogP contribution in [0.15, 0.2) is 59.5 Å². The van der Waals surface area contributed by atoms with Gasteiger partial charge in [-0.3, -0.25) is 4.79 Å². The zero-order valence-corrected chi connectivity index (χ0v) is 14.7. The minimum absolute atomic E-state index is 0.0604. The van der Waals surface area contributed by atoms with E-state index >= 15 is 0 Å². The minimum atomic E-state index is -3.86. The molecule has 0 aliphatic rings. The number of benzene rings is 2.